The zero-order chi connectivity index (χ0) is 21.6. The Morgan fingerprint density at radius 3 is 1.83 bits per heavy atom. The molecule has 0 saturated heterocycles. The molecule has 2 amide bonds. The van der Waals surface area contributed by atoms with Gasteiger partial charge in [0.15, 0.2) is 0 Å². The average Bonchev–Trinajstić information content (AvgIpc) is 2.65. The summed E-state index contributed by atoms with van der Waals surface area (Å²) >= 11 is 0. The average molecular weight is 398 g/mol. The molecule has 2 aromatic carbocycles. The van der Waals surface area contributed by atoms with Gasteiger partial charge in [-0.1, -0.05) is 0 Å². The van der Waals surface area contributed by atoms with E-state index in [1.165, 1.54) is 48.5 Å². The molecule has 29 heavy (non-hydrogen) atoms. The van der Waals surface area contributed by atoms with Crippen LogP contribution in [0.2, 0.25) is 0 Å². The number of carbonyl (C=O) groups excluding carboxylic acids is 3. The van der Waals surface area contributed by atoms with Crippen LogP contribution in [0.15, 0.2) is 48.5 Å². The van der Waals surface area contributed by atoms with Gasteiger partial charge in [0.1, 0.15) is 12.1 Å². The van der Waals surface area contributed by atoms with Crippen LogP contribution in [-0.2, 0) is 9.53 Å². The first-order valence-corrected chi connectivity index (χ1v) is 8.80. The minimum atomic E-state index is -1.14. The van der Waals surface area contributed by atoms with Crippen molar-refractivity contribution >= 4 is 29.4 Å². The number of aliphatic carboxylic acids is 1. The van der Waals surface area contributed by atoms with Crippen molar-refractivity contribution < 1.29 is 29.0 Å². The highest BCUT2D eigenvalue weighted by Gasteiger charge is 2.18. The zero-order valence-corrected chi connectivity index (χ0v) is 16.3. The molecule has 0 bridgehead atoms. The quantitative estimate of drug-likeness (QED) is 0.643. The van der Waals surface area contributed by atoms with Gasteiger partial charge in [-0.05, 0) is 69.3 Å². The fourth-order valence-corrected chi connectivity index (χ4v) is 2.26. The van der Waals surface area contributed by atoms with Gasteiger partial charge in [-0.25, -0.2) is 4.79 Å². The second-order valence-electron chi connectivity index (χ2n) is 7.19. The molecule has 0 radical (unpaired) electrons. The Bertz CT molecular complexity index is 912. The maximum Gasteiger partial charge on any atom is 0.338 e. The molecule has 0 aliphatic heterocycles. The molecule has 0 heterocycles. The molecular weight excluding hydrogens is 376 g/mol. The summed E-state index contributed by atoms with van der Waals surface area (Å²) in [5.41, 5.74) is 0.810. The van der Waals surface area contributed by atoms with Gasteiger partial charge >= 0.3 is 11.9 Å². The van der Waals surface area contributed by atoms with Crippen molar-refractivity contribution in [3.63, 3.8) is 0 Å². The van der Waals surface area contributed by atoms with Crippen molar-refractivity contribution in [3.05, 3.63) is 65.2 Å². The molecular formula is C21H22N2O6. The predicted octanol–water partition coefficient (Wildman–Crippen LogP) is 2.71. The van der Waals surface area contributed by atoms with Crippen molar-refractivity contribution in [2.75, 3.05) is 11.9 Å². The highest BCUT2D eigenvalue weighted by Crippen LogP contribution is 2.15. The largest absolute Gasteiger partial charge is 0.480 e. The van der Waals surface area contributed by atoms with Crippen LogP contribution in [0.25, 0.3) is 0 Å². The van der Waals surface area contributed by atoms with Crippen LogP contribution in [0, 0.1) is 0 Å². The number of hydrogen-bond acceptors (Lipinski definition) is 5. The van der Waals surface area contributed by atoms with Crippen LogP contribution < -0.4 is 10.6 Å². The Balaban J connectivity index is 1.98. The van der Waals surface area contributed by atoms with E-state index >= 15 is 0 Å². The van der Waals surface area contributed by atoms with E-state index in [1.807, 2.05) is 0 Å². The summed E-state index contributed by atoms with van der Waals surface area (Å²) in [6.45, 7) is 4.84. The smallest absolute Gasteiger partial charge is 0.338 e. The number of anilines is 1. The monoisotopic (exact) mass is 398 g/mol. The standard InChI is InChI=1S/C21H22N2O6/c1-21(2,3)29-20(28)15-6-4-14(5-7-15)19(27)23-16-10-8-13(9-11-16)18(26)22-12-17(24)25/h4-11H,12H2,1-3H3,(H,22,26)(H,23,27)(H,24,25). The number of hydrogen-bond donors (Lipinski definition) is 3. The van der Waals surface area contributed by atoms with Crippen molar-refractivity contribution in [1.29, 1.82) is 0 Å². The molecule has 0 saturated carbocycles. The Hall–Kier alpha value is -3.68. The summed E-state index contributed by atoms with van der Waals surface area (Å²) in [4.78, 5) is 46.6. The normalized spacial score (nSPS) is 10.7. The lowest BCUT2D eigenvalue weighted by molar-refractivity contribution is -0.135. The first-order valence-electron chi connectivity index (χ1n) is 8.80. The van der Waals surface area contributed by atoms with E-state index in [2.05, 4.69) is 10.6 Å². The highest BCUT2D eigenvalue weighted by atomic mass is 16.6. The van der Waals surface area contributed by atoms with Gasteiger partial charge in [0.2, 0.25) is 0 Å². The molecule has 8 heteroatoms. The maximum atomic E-state index is 12.3. The SMILES string of the molecule is CC(C)(C)OC(=O)c1ccc(C(=O)Nc2ccc(C(=O)NCC(=O)O)cc2)cc1. The summed E-state index contributed by atoms with van der Waals surface area (Å²) < 4.78 is 5.28. The Labute approximate surface area is 167 Å². The van der Waals surface area contributed by atoms with Crippen LogP contribution >= 0.6 is 0 Å². The van der Waals surface area contributed by atoms with Gasteiger partial charge in [0.05, 0.1) is 5.56 Å². The van der Waals surface area contributed by atoms with E-state index in [4.69, 9.17) is 9.84 Å². The molecule has 0 spiro atoms. The number of ether oxygens (including phenoxy) is 1. The number of carboxylic acids is 1. The molecule has 152 valence electrons. The fourth-order valence-electron chi connectivity index (χ4n) is 2.26. The zero-order valence-electron chi connectivity index (χ0n) is 16.3. The summed E-state index contributed by atoms with van der Waals surface area (Å²) in [6, 6.07) is 12.1. The number of benzene rings is 2. The summed E-state index contributed by atoms with van der Waals surface area (Å²) in [7, 11) is 0. The number of amides is 2. The van der Waals surface area contributed by atoms with Crippen LogP contribution in [0.3, 0.4) is 0 Å². The summed E-state index contributed by atoms with van der Waals surface area (Å²) in [5, 5.41) is 13.5. The van der Waals surface area contributed by atoms with Crippen LogP contribution in [-0.4, -0.2) is 41.0 Å². The minimum absolute atomic E-state index is 0.269. The number of carboxylic acid groups (broad SMARTS) is 1. The number of nitrogens with one attached hydrogen (secondary N) is 2. The third kappa shape index (κ3) is 6.76. The minimum Gasteiger partial charge on any atom is -0.480 e. The molecule has 2 aromatic rings. The second kappa shape index (κ2) is 9.01. The van der Waals surface area contributed by atoms with Crippen molar-refractivity contribution in [3.8, 4) is 0 Å². The lowest BCUT2D eigenvalue weighted by Crippen LogP contribution is -2.29. The molecule has 3 N–H and O–H groups in total. The van der Waals surface area contributed by atoms with Gasteiger partial charge in [-0.15, -0.1) is 0 Å². The fraction of sp³-hybridized carbons (Fsp3) is 0.238. The van der Waals surface area contributed by atoms with E-state index < -0.39 is 30.0 Å². The molecule has 0 aliphatic rings. The van der Waals surface area contributed by atoms with E-state index in [1.54, 1.807) is 20.8 Å². The first kappa shape index (κ1) is 21.6. The highest BCUT2D eigenvalue weighted by molar-refractivity contribution is 6.05. The second-order valence-corrected chi connectivity index (χ2v) is 7.19. The number of esters is 1. The van der Waals surface area contributed by atoms with Gasteiger partial charge in [-0.2, -0.15) is 0 Å². The summed E-state index contributed by atoms with van der Waals surface area (Å²) in [5.74, 6) is -2.52. The Morgan fingerprint density at radius 1 is 0.828 bits per heavy atom. The molecule has 2 rings (SSSR count). The summed E-state index contributed by atoms with van der Waals surface area (Å²) in [6.07, 6.45) is 0. The third-order valence-electron chi connectivity index (χ3n) is 3.59. The predicted molar refractivity (Wildman–Crippen MR) is 106 cm³/mol. The molecule has 0 unspecified atom stereocenters. The van der Waals surface area contributed by atoms with Gasteiger partial charge in [0.25, 0.3) is 11.8 Å². The molecule has 8 nitrogen and oxygen atoms in total. The number of carbonyl (C=O) groups is 4. The third-order valence-corrected chi connectivity index (χ3v) is 3.59. The molecule has 0 fully saturated rings. The van der Waals surface area contributed by atoms with Gasteiger partial charge in [0, 0.05) is 16.8 Å². The Kier molecular flexibility index (Phi) is 6.71. The van der Waals surface area contributed by atoms with E-state index in [-0.39, 0.29) is 11.5 Å². The van der Waals surface area contributed by atoms with Crippen molar-refractivity contribution in [2.24, 2.45) is 0 Å². The Morgan fingerprint density at radius 2 is 1.31 bits per heavy atom. The van der Waals surface area contributed by atoms with Gasteiger partial charge < -0.3 is 20.5 Å². The van der Waals surface area contributed by atoms with Crippen molar-refractivity contribution in [1.82, 2.24) is 5.32 Å². The van der Waals surface area contributed by atoms with E-state index in [0.29, 0.717) is 16.8 Å². The topological polar surface area (TPSA) is 122 Å². The van der Waals surface area contributed by atoms with E-state index in [0.717, 1.165) is 0 Å². The number of rotatable bonds is 6. The van der Waals surface area contributed by atoms with Crippen LogP contribution in [0.5, 0.6) is 0 Å². The van der Waals surface area contributed by atoms with E-state index in [9.17, 15) is 19.2 Å². The van der Waals surface area contributed by atoms with Crippen LogP contribution in [0.4, 0.5) is 5.69 Å². The molecule has 0 aromatic heterocycles. The first-order chi connectivity index (χ1) is 13.5. The lowest BCUT2D eigenvalue weighted by Gasteiger charge is -2.19. The van der Waals surface area contributed by atoms with Crippen molar-refractivity contribution in [2.45, 2.75) is 26.4 Å². The molecule has 0 aliphatic carbocycles. The maximum absolute atomic E-state index is 12.3. The lowest BCUT2D eigenvalue weighted by atomic mass is 10.1. The van der Waals surface area contributed by atoms with Crippen LogP contribution in [0.1, 0.15) is 51.8 Å². The molecule has 0 atom stereocenters. The van der Waals surface area contributed by atoms with Gasteiger partial charge in [-0.3, -0.25) is 14.4 Å².